The molecule has 98 valence electrons. The number of hydrogen-bond acceptors (Lipinski definition) is 1. The van der Waals surface area contributed by atoms with E-state index >= 15 is 0 Å². The fraction of sp³-hybridized carbons (Fsp3) is 0.500. The number of benzene rings is 1. The number of halogens is 1. The van der Waals surface area contributed by atoms with E-state index in [-0.39, 0.29) is 12.1 Å². The molecule has 0 bridgehead atoms. The minimum absolute atomic E-state index is 0.118. The molecule has 0 unspecified atom stereocenters. The molecule has 1 aliphatic rings. The highest BCUT2D eigenvalue weighted by Gasteiger charge is 2.25. The van der Waals surface area contributed by atoms with Crippen LogP contribution in [0.2, 0.25) is 0 Å². The number of alkyl halides is 1. The normalized spacial score (nSPS) is 22.1. The van der Waals surface area contributed by atoms with E-state index in [9.17, 15) is 4.79 Å². The second-order valence-electron chi connectivity index (χ2n) is 4.75. The Morgan fingerprint density at radius 2 is 2.06 bits per heavy atom. The quantitative estimate of drug-likeness (QED) is 0.811. The Balaban J connectivity index is 2.07. The van der Waals surface area contributed by atoms with Crippen molar-refractivity contribution in [2.45, 2.75) is 31.7 Å². The molecule has 0 saturated carbocycles. The first-order chi connectivity index (χ1) is 8.72. The van der Waals surface area contributed by atoms with Gasteiger partial charge in [-0.2, -0.15) is 0 Å². The highest BCUT2D eigenvalue weighted by molar-refractivity contribution is 6.18. The molecule has 2 atom stereocenters. The van der Waals surface area contributed by atoms with E-state index in [2.05, 4.69) is 35.8 Å². The molecular formula is C14H19ClN2O. The highest BCUT2D eigenvalue weighted by Crippen LogP contribution is 2.36. The molecule has 4 heteroatoms. The van der Waals surface area contributed by atoms with Gasteiger partial charge in [-0.25, -0.2) is 4.79 Å². The van der Waals surface area contributed by atoms with E-state index in [1.54, 1.807) is 0 Å². The number of amides is 2. The third-order valence-corrected chi connectivity index (χ3v) is 3.67. The number of carbonyl (C=O) groups excluding carboxylic acids is 1. The number of carbonyl (C=O) groups is 1. The first-order valence-electron chi connectivity index (χ1n) is 6.41. The summed E-state index contributed by atoms with van der Waals surface area (Å²) < 4.78 is 0. The van der Waals surface area contributed by atoms with Gasteiger partial charge in [0, 0.05) is 12.4 Å². The average molecular weight is 267 g/mol. The zero-order valence-electron chi connectivity index (χ0n) is 10.6. The molecule has 1 aromatic carbocycles. The Morgan fingerprint density at radius 3 is 2.78 bits per heavy atom. The minimum Gasteiger partial charge on any atom is -0.337 e. The van der Waals surface area contributed by atoms with E-state index in [4.69, 9.17) is 11.6 Å². The van der Waals surface area contributed by atoms with Crippen LogP contribution in [0.1, 0.15) is 42.9 Å². The predicted octanol–water partition coefficient (Wildman–Crippen LogP) is 3.16. The molecule has 0 heterocycles. The van der Waals surface area contributed by atoms with Crippen molar-refractivity contribution in [3.8, 4) is 0 Å². The zero-order valence-corrected chi connectivity index (χ0v) is 11.3. The molecule has 1 aliphatic carbocycles. The lowest BCUT2D eigenvalue weighted by atomic mass is 9.81. The molecule has 3 nitrogen and oxygen atoms in total. The standard InChI is InChI=1S/C14H19ClN2O/c1-10-6-7-13(17-14(18)16-9-8-15)12-5-3-2-4-11(10)12/h2-5,10,13H,6-9H2,1H3,(H2,16,17,18)/t10-,13+/m0/s1. The summed E-state index contributed by atoms with van der Waals surface area (Å²) in [5, 5.41) is 5.76. The lowest BCUT2D eigenvalue weighted by Gasteiger charge is -2.30. The van der Waals surface area contributed by atoms with E-state index in [0.29, 0.717) is 18.3 Å². The van der Waals surface area contributed by atoms with Crippen LogP contribution in [0.25, 0.3) is 0 Å². The summed E-state index contributed by atoms with van der Waals surface area (Å²) in [6.45, 7) is 2.74. The second-order valence-corrected chi connectivity index (χ2v) is 5.13. The first-order valence-corrected chi connectivity index (χ1v) is 6.95. The maximum absolute atomic E-state index is 11.7. The summed E-state index contributed by atoms with van der Waals surface area (Å²) >= 11 is 5.55. The Kier molecular flexibility index (Phi) is 4.48. The molecule has 0 fully saturated rings. The molecular weight excluding hydrogens is 248 g/mol. The van der Waals surface area contributed by atoms with Crippen molar-refractivity contribution in [2.24, 2.45) is 0 Å². The van der Waals surface area contributed by atoms with Gasteiger partial charge in [0.15, 0.2) is 0 Å². The molecule has 0 saturated heterocycles. The third kappa shape index (κ3) is 2.96. The zero-order chi connectivity index (χ0) is 13.0. The molecule has 2 N–H and O–H groups in total. The van der Waals surface area contributed by atoms with Gasteiger partial charge >= 0.3 is 6.03 Å². The van der Waals surface area contributed by atoms with Gasteiger partial charge in [-0.15, -0.1) is 11.6 Å². The lowest BCUT2D eigenvalue weighted by molar-refractivity contribution is 0.235. The molecule has 0 aromatic heterocycles. The second kappa shape index (κ2) is 6.10. The molecule has 0 aliphatic heterocycles. The largest absolute Gasteiger partial charge is 0.337 e. The highest BCUT2D eigenvalue weighted by atomic mass is 35.5. The van der Waals surface area contributed by atoms with E-state index in [0.717, 1.165) is 12.8 Å². The fourth-order valence-corrected chi connectivity index (χ4v) is 2.62. The van der Waals surface area contributed by atoms with Crippen LogP contribution >= 0.6 is 11.6 Å². The van der Waals surface area contributed by atoms with Crippen LogP contribution in [0.15, 0.2) is 24.3 Å². The summed E-state index contributed by atoms with van der Waals surface area (Å²) in [6, 6.07) is 8.34. The lowest BCUT2D eigenvalue weighted by Crippen LogP contribution is -2.40. The van der Waals surface area contributed by atoms with Crippen molar-refractivity contribution < 1.29 is 4.79 Å². The molecule has 1 aromatic rings. The van der Waals surface area contributed by atoms with E-state index in [1.807, 2.05) is 6.07 Å². The van der Waals surface area contributed by atoms with Gasteiger partial charge in [-0.05, 0) is 29.9 Å². The van der Waals surface area contributed by atoms with Gasteiger partial charge in [0.05, 0.1) is 6.04 Å². The van der Waals surface area contributed by atoms with Gasteiger partial charge in [-0.3, -0.25) is 0 Å². The van der Waals surface area contributed by atoms with Crippen LogP contribution in [-0.4, -0.2) is 18.5 Å². The number of fused-ring (bicyclic) bond motifs is 1. The number of hydrogen-bond donors (Lipinski definition) is 2. The maximum atomic E-state index is 11.7. The van der Waals surface area contributed by atoms with Crippen LogP contribution in [0, 0.1) is 0 Å². The van der Waals surface area contributed by atoms with Crippen molar-refractivity contribution >= 4 is 17.6 Å². The van der Waals surface area contributed by atoms with Crippen LogP contribution in [0.3, 0.4) is 0 Å². The minimum atomic E-state index is -0.134. The van der Waals surface area contributed by atoms with E-state index < -0.39 is 0 Å². The SMILES string of the molecule is C[C@H]1CC[C@@H](NC(=O)NCCCl)c2ccccc21. The monoisotopic (exact) mass is 266 g/mol. The van der Waals surface area contributed by atoms with Gasteiger partial charge < -0.3 is 10.6 Å². The summed E-state index contributed by atoms with van der Waals surface area (Å²) in [4.78, 5) is 11.7. The van der Waals surface area contributed by atoms with Crippen molar-refractivity contribution in [2.75, 3.05) is 12.4 Å². The molecule has 2 amide bonds. The number of rotatable bonds is 3. The Hall–Kier alpha value is -1.22. The van der Waals surface area contributed by atoms with Crippen LogP contribution < -0.4 is 10.6 Å². The molecule has 2 rings (SSSR count). The first kappa shape index (κ1) is 13.2. The van der Waals surface area contributed by atoms with Gasteiger partial charge in [0.25, 0.3) is 0 Å². The third-order valence-electron chi connectivity index (χ3n) is 3.48. The predicted molar refractivity (Wildman–Crippen MR) is 74.1 cm³/mol. The maximum Gasteiger partial charge on any atom is 0.315 e. The number of urea groups is 1. The fourth-order valence-electron chi connectivity index (χ4n) is 2.52. The molecule has 0 spiro atoms. The molecule has 18 heavy (non-hydrogen) atoms. The van der Waals surface area contributed by atoms with Crippen molar-refractivity contribution in [3.05, 3.63) is 35.4 Å². The average Bonchev–Trinajstić information content (AvgIpc) is 2.40. The number of nitrogens with one attached hydrogen (secondary N) is 2. The summed E-state index contributed by atoms with van der Waals surface area (Å²) in [5.74, 6) is 1.01. The molecule has 0 radical (unpaired) electrons. The van der Waals surface area contributed by atoms with E-state index in [1.165, 1.54) is 11.1 Å². The van der Waals surface area contributed by atoms with Crippen LogP contribution in [0.5, 0.6) is 0 Å². The van der Waals surface area contributed by atoms with Gasteiger partial charge in [0.2, 0.25) is 0 Å². The van der Waals surface area contributed by atoms with Crippen molar-refractivity contribution in [1.82, 2.24) is 10.6 Å². The Morgan fingerprint density at radius 1 is 1.33 bits per heavy atom. The summed E-state index contributed by atoms with van der Waals surface area (Å²) in [5.41, 5.74) is 2.60. The summed E-state index contributed by atoms with van der Waals surface area (Å²) in [6.07, 6.45) is 2.10. The van der Waals surface area contributed by atoms with Gasteiger partial charge in [0.1, 0.15) is 0 Å². The van der Waals surface area contributed by atoms with Crippen LogP contribution in [-0.2, 0) is 0 Å². The Labute approximate surface area is 113 Å². The Bertz CT molecular complexity index is 422. The summed E-state index contributed by atoms with van der Waals surface area (Å²) in [7, 11) is 0. The van der Waals surface area contributed by atoms with Crippen molar-refractivity contribution in [3.63, 3.8) is 0 Å². The van der Waals surface area contributed by atoms with Crippen molar-refractivity contribution in [1.29, 1.82) is 0 Å². The topological polar surface area (TPSA) is 41.1 Å². The van der Waals surface area contributed by atoms with Gasteiger partial charge in [-0.1, -0.05) is 31.2 Å². The smallest absolute Gasteiger partial charge is 0.315 e. The van der Waals surface area contributed by atoms with Crippen LogP contribution in [0.4, 0.5) is 4.79 Å².